The van der Waals surface area contributed by atoms with Crippen LogP contribution in [-0.4, -0.2) is 46.3 Å². The number of pyridine rings is 1. The molecule has 1 saturated heterocycles. The summed E-state index contributed by atoms with van der Waals surface area (Å²) in [5.74, 6) is 1.48. The van der Waals surface area contributed by atoms with Gasteiger partial charge in [-0.1, -0.05) is 0 Å². The van der Waals surface area contributed by atoms with Gasteiger partial charge in [0.1, 0.15) is 11.5 Å². The Bertz CT molecular complexity index is 1050. The molecule has 0 spiro atoms. The molecule has 4 rings (SSSR count). The van der Waals surface area contributed by atoms with E-state index in [9.17, 15) is 4.79 Å². The first kappa shape index (κ1) is 20.9. The fraction of sp³-hybridized carbons (Fsp3) is 0.375. The Kier molecular flexibility index (Phi) is 6.21. The van der Waals surface area contributed by atoms with Gasteiger partial charge >= 0.3 is 0 Å². The number of piperidine rings is 1. The molecule has 3 aromatic rings. The Hall–Kier alpha value is -3.35. The summed E-state index contributed by atoms with van der Waals surface area (Å²) in [6, 6.07) is 9.47. The lowest BCUT2D eigenvalue weighted by Gasteiger charge is -2.35. The molecule has 1 unspecified atom stereocenters. The summed E-state index contributed by atoms with van der Waals surface area (Å²) in [6.07, 6.45) is 8.81. The minimum atomic E-state index is -0.0535. The van der Waals surface area contributed by atoms with E-state index in [4.69, 9.17) is 14.6 Å². The highest BCUT2D eigenvalue weighted by molar-refractivity contribution is 5.81. The third-order valence-corrected chi connectivity index (χ3v) is 5.82. The highest BCUT2D eigenvalue weighted by Gasteiger charge is 2.32. The average molecular weight is 421 g/mol. The summed E-state index contributed by atoms with van der Waals surface area (Å²) in [5, 5.41) is 4.77. The van der Waals surface area contributed by atoms with E-state index in [1.165, 1.54) is 0 Å². The number of hydrogen-bond acceptors (Lipinski definition) is 5. The summed E-state index contributed by atoms with van der Waals surface area (Å²) in [4.78, 5) is 19.6. The van der Waals surface area contributed by atoms with Crippen LogP contribution in [0, 0.1) is 0 Å². The zero-order valence-electron chi connectivity index (χ0n) is 18.2. The monoisotopic (exact) mass is 420 g/mol. The van der Waals surface area contributed by atoms with Gasteiger partial charge in [0.05, 0.1) is 32.4 Å². The molecule has 0 saturated carbocycles. The molecule has 0 radical (unpaired) electrons. The summed E-state index contributed by atoms with van der Waals surface area (Å²) in [7, 11) is 5.16. The molecule has 0 aliphatic carbocycles. The van der Waals surface area contributed by atoms with Crippen molar-refractivity contribution in [2.45, 2.75) is 31.7 Å². The number of amides is 1. The molecular formula is C24H28N4O3. The predicted molar refractivity (Wildman–Crippen MR) is 118 cm³/mol. The SMILES string of the molecule is COc1ccc(OC)c(CC(=O)N2CCCCC2c2nn(C)cc2-c2ccncc2)c1. The van der Waals surface area contributed by atoms with E-state index in [0.717, 1.165) is 48.2 Å². The molecule has 162 valence electrons. The Balaban J connectivity index is 1.64. The van der Waals surface area contributed by atoms with Gasteiger partial charge in [-0.05, 0) is 55.2 Å². The fourth-order valence-electron chi connectivity index (χ4n) is 4.30. The molecule has 3 heterocycles. The third-order valence-electron chi connectivity index (χ3n) is 5.82. The zero-order valence-corrected chi connectivity index (χ0v) is 18.2. The quantitative estimate of drug-likeness (QED) is 0.607. The van der Waals surface area contributed by atoms with Gasteiger partial charge in [0, 0.05) is 43.3 Å². The van der Waals surface area contributed by atoms with Crippen molar-refractivity contribution in [3.8, 4) is 22.6 Å². The smallest absolute Gasteiger partial charge is 0.227 e. The van der Waals surface area contributed by atoms with E-state index >= 15 is 0 Å². The summed E-state index contributed by atoms with van der Waals surface area (Å²) >= 11 is 0. The number of ether oxygens (including phenoxy) is 2. The van der Waals surface area contributed by atoms with Gasteiger partial charge in [0.2, 0.25) is 5.91 Å². The van der Waals surface area contributed by atoms with E-state index in [1.807, 2.05) is 53.2 Å². The molecule has 1 atom stereocenters. The predicted octanol–water partition coefficient (Wildman–Crippen LogP) is 3.80. The van der Waals surface area contributed by atoms with Gasteiger partial charge in [0.15, 0.2) is 0 Å². The van der Waals surface area contributed by atoms with Crippen molar-refractivity contribution < 1.29 is 14.3 Å². The summed E-state index contributed by atoms with van der Waals surface area (Å²) in [5.41, 5.74) is 3.88. The molecule has 1 amide bonds. The lowest BCUT2D eigenvalue weighted by molar-refractivity contribution is -0.134. The van der Waals surface area contributed by atoms with Crippen LogP contribution in [0.5, 0.6) is 11.5 Å². The Morgan fingerprint density at radius 3 is 2.68 bits per heavy atom. The maximum Gasteiger partial charge on any atom is 0.227 e. The normalized spacial score (nSPS) is 16.2. The number of rotatable bonds is 6. The molecule has 0 N–H and O–H groups in total. The minimum Gasteiger partial charge on any atom is -0.497 e. The molecule has 7 nitrogen and oxygen atoms in total. The zero-order chi connectivity index (χ0) is 21.8. The van der Waals surface area contributed by atoms with Gasteiger partial charge in [-0.2, -0.15) is 5.10 Å². The van der Waals surface area contributed by atoms with Crippen molar-refractivity contribution in [2.24, 2.45) is 7.05 Å². The highest BCUT2D eigenvalue weighted by Crippen LogP contribution is 2.36. The molecule has 7 heteroatoms. The van der Waals surface area contributed by atoms with Crippen molar-refractivity contribution in [1.82, 2.24) is 19.7 Å². The second-order valence-electron chi connectivity index (χ2n) is 7.79. The molecule has 1 fully saturated rings. The number of nitrogens with zero attached hydrogens (tertiary/aromatic N) is 4. The molecule has 1 aromatic carbocycles. The van der Waals surface area contributed by atoms with Gasteiger partial charge in [-0.3, -0.25) is 14.5 Å². The maximum absolute atomic E-state index is 13.5. The van der Waals surface area contributed by atoms with E-state index in [1.54, 1.807) is 26.6 Å². The number of hydrogen-bond donors (Lipinski definition) is 0. The van der Waals surface area contributed by atoms with Crippen molar-refractivity contribution in [1.29, 1.82) is 0 Å². The van der Waals surface area contributed by atoms with Crippen molar-refractivity contribution in [2.75, 3.05) is 20.8 Å². The number of aromatic nitrogens is 3. The average Bonchev–Trinajstić information content (AvgIpc) is 3.21. The lowest BCUT2D eigenvalue weighted by Crippen LogP contribution is -2.39. The highest BCUT2D eigenvalue weighted by atomic mass is 16.5. The molecule has 1 aliphatic rings. The van der Waals surface area contributed by atoms with E-state index in [2.05, 4.69) is 4.98 Å². The van der Waals surface area contributed by atoms with Crippen LogP contribution in [0.3, 0.4) is 0 Å². The van der Waals surface area contributed by atoms with Crippen LogP contribution in [0.1, 0.15) is 36.6 Å². The second-order valence-corrected chi connectivity index (χ2v) is 7.79. The number of carbonyl (C=O) groups excluding carboxylic acids is 1. The molecule has 1 aliphatic heterocycles. The van der Waals surface area contributed by atoms with Crippen molar-refractivity contribution in [3.63, 3.8) is 0 Å². The van der Waals surface area contributed by atoms with Crippen LogP contribution in [0.4, 0.5) is 0 Å². The van der Waals surface area contributed by atoms with E-state index < -0.39 is 0 Å². The lowest BCUT2D eigenvalue weighted by atomic mass is 9.94. The molecule has 31 heavy (non-hydrogen) atoms. The number of aryl methyl sites for hydroxylation is 1. The summed E-state index contributed by atoms with van der Waals surface area (Å²) < 4.78 is 12.6. The molecular weight excluding hydrogens is 392 g/mol. The Morgan fingerprint density at radius 2 is 1.94 bits per heavy atom. The minimum absolute atomic E-state index is 0.0535. The van der Waals surface area contributed by atoms with Crippen molar-refractivity contribution >= 4 is 5.91 Å². The Labute approximate surface area is 182 Å². The van der Waals surface area contributed by atoms with Gasteiger partial charge in [-0.25, -0.2) is 0 Å². The van der Waals surface area contributed by atoms with Crippen LogP contribution in [0.2, 0.25) is 0 Å². The third kappa shape index (κ3) is 4.40. The molecule has 0 bridgehead atoms. The largest absolute Gasteiger partial charge is 0.497 e. The van der Waals surface area contributed by atoms with E-state index in [0.29, 0.717) is 11.5 Å². The van der Waals surface area contributed by atoms with Gasteiger partial charge in [0.25, 0.3) is 0 Å². The first-order valence-corrected chi connectivity index (χ1v) is 10.5. The first-order valence-electron chi connectivity index (χ1n) is 10.5. The van der Waals surface area contributed by atoms with Crippen LogP contribution < -0.4 is 9.47 Å². The molecule has 2 aromatic heterocycles. The van der Waals surface area contributed by atoms with Crippen molar-refractivity contribution in [3.05, 3.63) is 60.2 Å². The van der Waals surface area contributed by atoms with Crippen LogP contribution in [0.25, 0.3) is 11.1 Å². The van der Waals surface area contributed by atoms with E-state index in [-0.39, 0.29) is 18.4 Å². The summed E-state index contributed by atoms with van der Waals surface area (Å²) in [6.45, 7) is 0.724. The second kappa shape index (κ2) is 9.20. The maximum atomic E-state index is 13.5. The number of likely N-dealkylation sites (tertiary alicyclic amines) is 1. The standard InChI is InChI=1S/C24H28N4O3/c1-27-16-20(17-9-11-25-12-10-17)24(26-27)21-6-4-5-13-28(21)23(29)15-18-14-19(30-2)7-8-22(18)31-3/h7-12,14,16,21H,4-6,13,15H2,1-3H3. The first-order chi connectivity index (χ1) is 15.1. The topological polar surface area (TPSA) is 69.5 Å². The number of methoxy groups -OCH3 is 2. The number of benzene rings is 1. The van der Waals surface area contributed by atoms with Crippen LogP contribution in [-0.2, 0) is 18.3 Å². The van der Waals surface area contributed by atoms with Crippen LogP contribution >= 0.6 is 0 Å². The van der Waals surface area contributed by atoms with Crippen LogP contribution in [0.15, 0.2) is 48.9 Å². The fourth-order valence-corrected chi connectivity index (χ4v) is 4.30. The van der Waals surface area contributed by atoms with Gasteiger partial charge in [-0.15, -0.1) is 0 Å². The van der Waals surface area contributed by atoms with Gasteiger partial charge < -0.3 is 14.4 Å². The Morgan fingerprint density at radius 1 is 1.13 bits per heavy atom. The number of carbonyl (C=O) groups is 1.